The molecule has 2 heterocycles. The van der Waals surface area contributed by atoms with E-state index in [-0.39, 0.29) is 23.3 Å². The summed E-state index contributed by atoms with van der Waals surface area (Å²) in [5.41, 5.74) is -0.625. The number of rotatable bonds is 4. The van der Waals surface area contributed by atoms with Crippen LogP contribution in [0.15, 0.2) is 28.8 Å². The van der Waals surface area contributed by atoms with Crippen LogP contribution in [0.4, 0.5) is 13.2 Å². The fourth-order valence-corrected chi connectivity index (χ4v) is 3.10. The Hall–Kier alpha value is -2.91. The van der Waals surface area contributed by atoms with Crippen molar-refractivity contribution in [3.8, 4) is 0 Å². The zero-order chi connectivity index (χ0) is 21.2. The Morgan fingerprint density at radius 3 is 2.34 bits per heavy atom. The maximum absolute atomic E-state index is 12.6. The lowest BCUT2D eigenvalue weighted by molar-refractivity contribution is -0.156. The van der Waals surface area contributed by atoms with Gasteiger partial charge in [-0.2, -0.15) is 18.2 Å². The van der Waals surface area contributed by atoms with E-state index in [0.29, 0.717) is 31.8 Å². The Kier molecular flexibility index (Phi) is 5.90. The third kappa shape index (κ3) is 4.93. The standard InChI is InChI=1S/C19H20F3N3O4/c1-11(16-23-12(2)24-29-16)28-18(27)14-7-9-25(10-8-14)17(26)13-3-5-15(6-4-13)19(20,21)22/h3-6,11,14H,7-10H2,1-2H3. The SMILES string of the molecule is Cc1noc(C(C)OC(=O)C2CCN(C(=O)c3ccc(C(F)(F)F)cc3)CC2)n1. The number of aromatic nitrogens is 2. The number of piperidine rings is 1. The molecule has 1 fully saturated rings. The van der Waals surface area contributed by atoms with E-state index >= 15 is 0 Å². The molecule has 1 amide bonds. The lowest BCUT2D eigenvalue weighted by Gasteiger charge is -2.31. The fraction of sp³-hybridized carbons (Fsp3) is 0.474. The van der Waals surface area contributed by atoms with Gasteiger partial charge in [-0.05, 0) is 51.0 Å². The van der Waals surface area contributed by atoms with E-state index in [1.165, 1.54) is 17.0 Å². The van der Waals surface area contributed by atoms with Gasteiger partial charge in [0.15, 0.2) is 11.9 Å². The summed E-state index contributed by atoms with van der Waals surface area (Å²) in [7, 11) is 0. The molecular weight excluding hydrogens is 391 g/mol. The van der Waals surface area contributed by atoms with Crippen molar-refractivity contribution in [2.24, 2.45) is 5.92 Å². The van der Waals surface area contributed by atoms with Crippen LogP contribution in [0.5, 0.6) is 0 Å². The van der Waals surface area contributed by atoms with Gasteiger partial charge < -0.3 is 14.2 Å². The Balaban J connectivity index is 1.53. The van der Waals surface area contributed by atoms with Gasteiger partial charge in [-0.1, -0.05) is 5.16 Å². The Bertz CT molecular complexity index is 872. The minimum Gasteiger partial charge on any atom is -0.452 e. The number of nitrogens with zero attached hydrogens (tertiary/aromatic N) is 3. The minimum atomic E-state index is -4.45. The number of likely N-dealkylation sites (tertiary alicyclic amines) is 1. The Morgan fingerprint density at radius 2 is 1.83 bits per heavy atom. The zero-order valence-corrected chi connectivity index (χ0v) is 15.9. The first-order chi connectivity index (χ1) is 13.6. The predicted octanol–water partition coefficient (Wildman–Crippen LogP) is 3.55. The van der Waals surface area contributed by atoms with Crippen molar-refractivity contribution < 1.29 is 32.0 Å². The van der Waals surface area contributed by atoms with Crippen LogP contribution in [0.3, 0.4) is 0 Å². The molecule has 1 aliphatic heterocycles. The van der Waals surface area contributed by atoms with E-state index in [2.05, 4.69) is 10.1 Å². The Labute approximate surface area is 164 Å². The normalized spacial score (nSPS) is 16.5. The number of aryl methyl sites for hydroxylation is 1. The van der Waals surface area contributed by atoms with Gasteiger partial charge in [0.1, 0.15) is 0 Å². The molecule has 1 aliphatic rings. The largest absolute Gasteiger partial charge is 0.452 e. The lowest BCUT2D eigenvalue weighted by Crippen LogP contribution is -2.40. The van der Waals surface area contributed by atoms with Gasteiger partial charge in [-0.25, -0.2) is 0 Å². The molecule has 0 radical (unpaired) electrons. The molecule has 7 nitrogen and oxygen atoms in total. The van der Waals surface area contributed by atoms with Gasteiger partial charge in [-0.15, -0.1) is 0 Å². The number of halogens is 3. The van der Waals surface area contributed by atoms with E-state index in [1.54, 1.807) is 13.8 Å². The molecule has 1 unspecified atom stereocenters. The van der Waals surface area contributed by atoms with Crippen molar-refractivity contribution in [3.05, 3.63) is 47.1 Å². The highest BCUT2D eigenvalue weighted by Gasteiger charge is 2.32. The number of ether oxygens (including phenoxy) is 1. The van der Waals surface area contributed by atoms with E-state index in [0.717, 1.165) is 12.1 Å². The smallest absolute Gasteiger partial charge is 0.416 e. The monoisotopic (exact) mass is 411 g/mol. The fourth-order valence-electron chi connectivity index (χ4n) is 3.10. The van der Waals surface area contributed by atoms with Gasteiger partial charge in [-0.3, -0.25) is 9.59 Å². The number of hydrogen-bond donors (Lipinski definition) is 0. The molecule has 156 valence electrons. The second-order valence-electron chi connectivity index (χ2n) is 6.90. The maximum Gasteiger partial charge on any atom is 0.416 e. The molecule has 0 spiro atoms. The van der Waals surface area contributed by atoms with Crippen LogP contribution in [0, 0.1) is 12.8 Å². The van der Waals surface area contributed by atoms with Crippen LogP contribution in [0.2, 0.25) is 0 Å². The van der Waals surface area contributed by atoms with Crippen LogP contribution in [0.25, 0.3) is 0 Å². The van der Waals surface area contributed by atoms with Crippen LogP contribution >= 0.6 is 0 Å². The van der Waals surface area contributed by atoms with Gasteiger partial charge in [0.2, 0.25) is 0 Å². The van der Waals surface area contributed by atoms with E-state index < -0.39 is 23.8 Å². The third-order valence-corrected chi connectivity index (χ3v) is 4.76. The van der Waals surface area contributed by atoms with Crippen LogP contribution in [-0.2, 0) is 15.7 Å². The quantitative estimate of drug-likeness (QED) is 0.716. The molecule has 0 saturated carbocycles. The van der Waals surface area contributed by atoms with Crippen molar-refractivity contribution in [2.45, 2.75) is 39.0 Å². The zero-order valence-electron chi connectivity index (χ0n) is 15.9. The number of carbonyl (C=O) groups excluding carboxylic acids is 2. The molecule has 0 N–H and O–H groups in total. The second kappa shape index (κ2) is 8.22. The van der Waals surface area contributed by atoms with Crippen LogP contribution in [0.1, 0.15) is 53.5 Å². The molecule has 1 atom stereocenters. The number of esters is 1. The molecule has 1 aromatic heterocycles. The number of alkyl halides is 3. The van der Waals surface area contributed by atoms with E-state index in [4.69, 9.17) is 9.26 Å². The molecular formula is C19H20F3N3O4. The highest BCUT2D eigenvalue weighted by Crippen LogP contribution is 2.29. The average molecular weight is 411 g/mol. The third-order valence-electron chi connectivity index (χ3n) is 4.76. The lowest BCUT2D eigenvalue weighted by atomic mass is 9.96. The average Bonchev–Trinajstić information content (AvgIpc) is 3.13. The van der Waals surface area contributed by atoms with E-state index in [9.17, 15) is 22.8 Å². The number of benzene rings is 1. The summed E-state index contributed by atoms with van der Waals surface area (Å²) in [4.78, 5) is 30.4. The van der Waals surface area contributed by atoms with E-state index in [1.807, 2.05) is 0 Å². The molecule has 0 bridgehead atoms. The summed E-state index contributed by atoms with van der Waals surface area (Å²) in [5, 5.41) is 3.65. The number of carbonyl (C=O) groups is 2. The topological polar surface area (TPSA) is 85.5 Å². The molecule has 0 aliphatic carbocycles. The second-order valence-corrected chi connectivity index (χ2v) is 6.90. The van der Waals surface area contributed by atoms with Gasteiger partial charge >= 0.3 is 12.1 Å². The summed E-state index contributed by atoms with van der Waals surface area (Å²) in [6, 6.07) is 4.11. The summed E-state index contributed by atoms with van der Waals surface area (Å²) >= 11 is 0. The Morgan fingerprint density at radius 1 is 1.21 bits per heavy atom. The summed E-state index contributed by atoms with van der Waals surface area (Å²) in [5.74, 6) is -0.489. The number of amides is 1. The predicted molar refractivity (Wildman–Crippen MR) is 93.6 cm³/mol. The molecule has 10 heteroatoms. The summed E-state index contributed by atoms with van der Waals surface area (Å²) < 4.78 is 48.3. The van der Waals surface area contributed by atoms with Crippen molar-refractivity contribution >= 4 is 11.9 Å². The number of hydrogen-bond acceptors (Lipinski definition) is 6. The first-order valence-corrected chi connectivity index (χ1v) is 9.12. The van der Waals surface area contributed by atoms with Crippen molar-refractivity contribution in [2.75, 3.05) is 13.1 Å². The molecule has 2 aromatic rings. The van der Waals surface area contributed by atoms with Gasteiger partial charge in [0.25, 0.3) is 11.8 Å². The molecule has 3 rings (SSSR count). The van der Waals surface area contributed by atoms with Crippen molar-refractivity contribution in [3.63, 3.8) is 0 Å². The molecule has 1 aromatic carbocycles. The van der Waals surface area contributed by atoms with Crippen LogP contribution in [-0.4, -0.2) is 40.0 Å². The van der Waals surface area contributed by atoms with Crippen molar-refractivity contribution in [1.82, 2.24) is 15.0 Å². The molecule has 29 heavy (non-hydrogen) atoms. The summed E-state index contributed by atoms with van der Waals surface area (Å²) in [6.45, 7) is 3.92. The van der Waals surface area contributed by atoms with Gasteiger partial charge in [0.05, 0.1) is 11.5 Å². The first-order valence-electron chi connectivity index (χ1n) is 9.12. The van der Waals surface area contributed by atoms with Gasteiger partial charge in [0, 0.05) is 18.7 Å². The minimum absolute atomic E-state index is 0.180. The maximum atomic E-state index is 12.6. The summed E-state index contributed by atoms with van der Waals surface area (Å²) in [6.07, 6.45) is -4.31. The highest BCUT2D eigenvalue weighted by atomic mass is 19.4. The first kappa shape index (κ1) is 20.8. The highest BCUT2D eigenvalue weighted by molar-refractivity contribution is 5.94. The van der Waals surface area contributed by atoms with Crippen molar-refractivity contribution in [1.29, 1.82) is 0 Å². The van der Waals surface area contributed by atoms with Crippen LogP contribution < -0.4 is 0 Å². The molecule has 1 saturated heterocycles.